The normalized spacial score (nSPS) is 12.0. The molecular formula is C28H24N2. The Labute approximate surface area is 176 Å². The molecule has 2 heterocycles. The first-order chi connectivity index (χ1) is 14.7. The lowest BCUT2D eigenvalue weighted by Crippen LogP contribution is -1.96. The lowest BCUT2D eigenvalue weighted by molar-refractivity contribution is 0.827. The summed E-state index contributed by atoms with van der Waals surface area (Å²) in [5.74, 6) is 0. The van der Waals surface area contributed by atoms with E-state index in [0.717, 1.165) is 6.54 Å². The molecule has 30 heavy (non-hydrogen) atoms. The molecule has 0 atom stereocenters. The second-order valence-corrected chi connectivity index (χ2v) is 8.31. The fourth-order valence-corrected chi connectivity index (χ4v) is 5.30. The Bertz CT molecular complexity index is 1570. The zero-order chi connectivity index (χ0) is 20.4. The predicted molar refractivity (Wildman–Crippen MR) is 129 cm³/mol. The molecule has 0 fully saturated rings. The van der Waals surface area contributed by atoms with Crippen LogP contribution < -0.4 is 0 Å². The third kappa shape index (κ3) is 2.25. The van der Waals surface area contributed by atoms with Gasteiger partial charge in [0.05, 0.1) is 11.0 Å². The van der Waals surface area contributed by atoms with Crippen LogP contribution in [0.5, 0.6) is 0 Å². The third-order valence-electron chi connectivity index (χ3n) is 6.35. The van der Waals surface area contributed by atoms with Gasteiger partial charge in [-0.3, -0.25) is 0 Å². The Morgan fingerprint density at radius 2 is 1.17 bits per heavy atom. The second-order valence-electron chi connectivity index (χ2n) is 8.31. The van der Waals surface area contributed by atoms with Crippen molar-refractivity contribution in [1.29, 1.82) is 0 Å². The Hall–Kier alpha value is -3.52. The molecule has 6 aromatic rings. The molecule has 0 radical (unpaired) electrons. The lowest BCUT2D eigenvalue weighted by atomic mass is 10.1. The first-order valence-corrected chi connectivity index (χ1v) is 10.7. The van der Waals surface area contributed by atoms with Gasteiger partial charge in [-0.15, -0.1) is 0 Å². The van der Waals surface area contributed by atoms with Crippen molar-refractivity contribution in [3.05, 3.63) is 90.0 Å². The topological polar surface area (TPSA) is 9.86 Å². The molecule has 0 N–H and O–H groups in total. The van der Waals surface area contributed by atoms with E-state index in [2.05, 4.69) is 109 Å². The molecule has 0 saturated carbocycles. The van der Waals surface area contributed by atoms with E-state index in [-0.39, 0.29) is 0 Å². The molecule has 6 rings (SSSR count). The summed E-state index contributed by atoms with van der Waals surface area (Å²) in [6, 6.07) is 29.1. The first kappa shape index (κ1) is 17.3. The highest BCUT2D eigenvalue weighted by molar-refractivity contribution is 6.28. The number of hydrogen-bond acceptors (Lipinski definition) is 0. The quantitative estimate of drug-likeness (QED) is 0.290. The Kier molecular flexibility index (Phi) is 3.61. The summed E-state index contributed by atoms with van der Waals surface area (Å²) in [7, 11) is 0. The zero-order valence-electron chi connectivity index (χ0n) is 17.6. The summed E-state index contributed by atoms with van der Waals surface area (Å²) >= 11 is 0. The number of aryl methyl sites for hydroxylation is 3. The number of benzene rings is 4. The average Bonchev–Trinajstić information content (AvgIpc) is 3.25. The molecule has 0 aliphatic carbocycles. The van der Waals surface area contributed by atoms with Crippen molar-refractivity contribution in [3.8, 4) is 5.69 Å². The Morgan fingerprint density at radius 3 is 1.87 bits per heavy atom. The van der Waals surface area contributed by atoms with Crippen LogP contribution in [0.4, 0.5) is 0 Å². The van der Waals surface area contributed by atoms with Crippen molar-refractivity contribution < 1.29 is 0 Å². The van der Waals surface area contributed by atoms with E-state index < -0.39 is 0 Å². The van der Waals surface area contributed by atoms with E-state index in [9.17, 15) is 0 Å². The van der Waals surface area contributed by atoms with Gasteiger partial charge < -0.3 is 9.13 Å². The van der Waals surface area contributed by atoms with Gasteiger partial charge in [0.1, 0.15) is 0 Å². The van der Waals surface area contributed by atoms with Crippen molar-refractivity contribution in [2.45, 2.75) is 27.3 Å². The highest BCUT2D eigenvalue weighted by Gasteiger charge is 2.19. The summed E-state index contributed by atoms with van der Waals surface area (Å²) in [6.07, 6.45) is 0. The van der Waals surface area contributed by atoms with Crippen molar-refractivity contribution in [2.75, 3.05) is 0 Å². The van der Waals surface area contributed by atoms with Crippen molar-refractivity contribution >= 4 is 43.6 Å². The van der Waals surface area contributed by atoms with Gasteiger partial charge in [-0.2, -0.15) is 0 Å². The van der Waals surface area contributed by atoms with Gasteiger partial charge in [0.2, 0.25) is 0 Å². The maximum Gasteiger partial charge on any atom is 0.0548 e. The van der Waals surface area contributed by atoms with Gasteiger partial charge >= 0.3 is 0 Å². The molecular weight excluding hydrogens is 364 g/mol. The van der Waals surface area contributed by atoms with E-state index in [1.165, 1.54) is 60.4 Å². The molecule has 0 saturated heterocycles. The summed E-state index contributed by atoms with van der Waals surface area (Å²) in [5.41, 5.74) is 8.97. The minimum absolute atomic E-state index is 0.964. The number of aromatic nitrogens is 2. The van der Waals surface area contributed by atoms with Crippen LogP contribution in [0.2, 0.25) is 0 Å². The fraction of sp³-hybridized carbons (Fsp3) is 0.143. The molecule has 4 aromatic carbocycles. The molecule has 2 heteroatoms. The minimum Gasteiger partial charge on any atom is -0.341 e. The Morgan fingerprint density at radius 1 is 0.600 bits per heavy atom. The number of fused-ring (bicyclic) bond motifs is 7. The number of nitrogens with zero attached hydrogens (tertiary/aromatic N) is 2. The molecule has 0 unspecified atom stereocenters. The molecule has 2 nitrogen and oxygen atoms in total. The van der Waals surface area contributed by atoms with Gasteiger partial charge in [-0.1, -0.05) is 42.5 Å². The summed E-state index contributed by atoms with van der Waals surface area (Å²) in [5, 5.41) is 5.37. The molecule has 0 amide bonds. The zero-order valence-corrected chi connectivity index (χ0v) is 17.6. The first-order valence-electron chi connectivity index (χ1n) is 10.7. The van der Waals surface area contributed by atoms with Crippen LogP contribution in [0.3, 0.4) is 0 Å². The van der Waals surface area contributed by atoms with Gasteiger partial charge in [0.25, 0.3) is 0 Å². The number of hydrogen-bond donors (Lipinski definition) is 0. The smallest absolute Gasteiger partial charge is 0.0548 e. The largest absolute Gasteiger partial charge is 0.341 e. The van der Waals surface area contributed by atoms with Crippen molar-refractivity contribution in [2.24, 2.45) is 0 Å². The van der Waals surface area contributed by atoms with Crippen molar-refractivity contribution in [3.63, 3.8) is 0 Å². The molecule has 146 valence electrons. The summed E-state index contributed by atoms with van der Waals surface area (Å²) in [4.78, 5) is 0. The van der Waals surface area contributed by atoms with Crippen LogP contribution >= 0.6 is 0 Å². The van der Waals surface area contributed by atoms with E-state index in [4.69, 9.17) is 0 Å². The molecule has 0 spiro atoms. The highest BCUT2D eigenvalue weighted by atomic mass is 15.0. The van der Waals surface area contributed by atoms with Crippen LogP contribution in [0.25, 0.3) is 49.3 Å². The summed E-state index contributed by atoms with van der Waals surface area (Å²) in [6.45, 7) is 7.55. The maximum atomic E-state index is 2.44. The van der Waals surface area contributed by atoms with Gasteiger partial charge in [0.15, 0.2) is 0 Å². The second kappa shape index (κ2) is 6.24. The molecule has 0 aliphatic rings. The Balaban J connectivity index is 1.89. The van der Waals surface area contributed by atoms with Crippen molar-refractivity contribution in [1.82, 2.24) is 9.13 Å². The van der Waals surface area contributed by atoms with Gasteiger partial charge in [-0.25, -0.2) is 0 Å². The average molecular weight is 389 g/mol. The standard InChI is InChI=1S/C28H24N2/c1-4-29-23-11-7-5-9-21(23)27-25(29)13-14-26-28(27)22-10-6-8-12-24(22)30(26)20-16-18(2)15-19(3)17-20/h5-17H,4H2,1-3H3. The molecule has 2 aromatic heterocycles. The fourth-order valence-electron chi connectivity index (χ4n) is 5.30. The lowest BCUT2D eigenvalue weighted by Gasteiger charge is -2.10. The highest BCUT2D eigenvalue weighted by Crippen LogP contribution is 2.41. The van der Waals surface area contributed by atoms with Crippen LogP contribution in [0, 0.1) is 13.8 Å². The predicted octanol–water partition coefficient (Wildman–Crippen LogP) is 7.53. The third-order valence-corrected chi connectivity index (χ3v) is 6.35. The van der Waals surface area contributed by atoms with Crippen LogP contribution in [0.15, 0.2) is 78.9 Å². The number of para-hydroxylation sites is 2. The van der Waals surface area contributed by atoms with Gasteiger partial charge in [0, 0.05) is 44.8 Å². The van der Waals surface area contributed by atoms with Crippen LogP contribution in [0.1, 0.15) is 18.1 Å². The van der Waals surface area contributed by atoms with E-state index in [0.29, 0.717) is 0 Å². The molecule has 0 bridgehead atoms. The molecule has 0 aliphatic heterocycles. The SMILES string of the molecule is CCn1c2ccccc2c2c3c4ccccc4n(-c4cc(C)cc(C)c4)c3ccc21. The van der Waals surface area contributed by atoms with Gasteiger partial charge in [-0.05, 0) is 68.3 Å². The summed E-state index contributed by atoms with van der Waals surface area (Å²) < 4.78 is 4.87. The van der Waals surface area contributed by atoms with E-state index >= 15 is 0 Å². The van der Waals surface area contributed by atoms with E-state index in [1.807, 2.05) is 0 Å². The minimum atomic E-state index is 0.964. The number of rotatable bonds is 2. The van der Waals surface area contributed by atoms with Crippen LogP contribution in [-0.2, 0) is 6.54 Å². The van der Waals surface area contributed by atoms with E-state index in [1.54, 1.807) is 0 Å². The van der Waals surface area contributed by atoms with Crippen LogP contribution in [-0.4, -0.2) is 9.13 Å². The monoisotopic (exact) mass is 388 g/mol. The maximum absolute atomic E-state index is 2.44.